The number of carbonyl (C=O) groups excluding carboxylic acids is 1. The molecule has 0 heterocycles. The van der Waals surface area contributed by atoms with Crippen LogP contribution >= 0.6 is 0 Å². The number of anilines is 2. The first-order chi connectivity index (χ1) is 10.5. The number of carbonyl (C=O) groups is 1. The van der Waals surface area contributed by atoms with Crippen LogP contribution in [-0.2, 0) is 4.79 Å². The van der Waals surface area contributed by atoms with Crippen molar-refractivity contribution in [3.63, 3.8) is 0 Å². The van der Waals surface area contributed by atoms with Crippen LogP contribution < -0.4 is 16.2 Å². The van der Waals surface area contributed by atoms with E-state index in [1.807, 2.05) is 0 Å². The monoisotopic (exact) mass is 299 g/mol. The third kappa shape index (κ3) is 3.75. The molecule has 0 fully saturated rings. The van der Waals surface area contributed by atoms with Crippen LogP contribution in [0.1, 0.15) is 26.7 Å². The van der Waals surface area contributed by atoms with Crippen molar-refractivity contribution in [1.82, 2.24) is 0 Å². The summed E-state index contributed by atoms with van der Waals surface area (Å²) in [5.74, 6) is 0.575. The molecule has 0 saturated heterocycles. The van der Waals surface area contributed by atoms with Gasteiger partial charge in [-0.15, -0.1) is 0 Å². The summed E-state index contributed by atoms with van der Waals surface area (Å²) in [5.41, 5.74) is 14.8. The number of nitrogens with two attached hydrogens (primary N) is 2. The summed E-state index contributed by atoms with van der Waals surface area (Å²) in [7, 11) is 0. The molecule has 2 rings (SSSR count). The fraction of sp³-hybridized carbons (Fsp3) is 0.294. The van der Waals surface area contributed by atoms with Gasteiger partial charge in [-0.3, -0.25) is 4.79 Å². The molecule has 1 aliphatic carbocycles. The second kappa shape index (κ2) is 6.93. The lowest BCUT2D eigenvalue weighted by Gasteiger charge is -2.11. The number of aliphatic imine (C=N–C) groups is 1. The van der Waals surface area contributed by atoms with Gasteiger partial charge >= 0.3 is 0 Å². The summed E-state index contributed by atoms with van der Waals surface area (Å²) < 4.78 is 5.66. The van der Waals surface area contributed by atoms with E-state index in [2.05, 4.69) is 11.9 Å². The highest BCUT2D eigenvalue weighted by Gasteiger charge is 2.10. The largest absolute Gasteiger partial charge is 0.491 e. The van der Waals surface area contributed by atoms with Crippen molar-refractivity contribution in [2.45, 2.75) is 26.7 Å². The molecule has 1 aliphatic rings. The second-order valence-electron chi connectivity index (χ2n) is 5.21. The molecule has 116 valence electrons. The Morgan fingerprint density at radius 1 is 1.18 bits per heavy atom. The van der Waals surface area contributed by atoms with Crippen molar-refractivity contribution >= 4 is 28.6 Å². The Balaban J connectivity index is 2.29. The number of benzene rings is 1. The summed E-state index contributed by atoms with van der Waals surface area (Å²) in [6, 6.07) is 3.38. The van der Waals surface area contributed by atoms with Crippen LogP contribution in [0.15, 0.2) is 40.9 Å². The second-order valence-corrected chi connectivity index (χ2v) is 5.21. The van der Waals surface area contributed by atoms with Crippen molar-refractivity contribution < 1.29 is 9.53 Å². The maximum absolute atomic E-state index is 11.4. The van der Waals surface area contributed by atoms with Crippen molar-refractivity contribution in [2.24, 2.45) is 4.99 Å². The molecule has 0 radical (unpaired) electrons. The normalized spacial score (nSPS) is 16.0. The molecule has 0 spiro atoms. The van der Waals surface area contributed by atoms with Gasteiger partial charge in [0.15, 0.2) is 5.78 Å². The Labute approximate surface area is 130 Å². The van der Waals surface area contributed by atoms with E-state index in [-0.39, 0.29) is 5.78 Å². The SMILES string of the molecule is CCCCOc1cc(N=C2C=CC(=O)C(C)=C2)c(N)cc1N. The Morgan fingerprint density at radius 3 is 2.64 bits per heavy atom. The van der Waals surface area contributed by atoms with Crippen LogP contribution in [0.4, 0.5) is 17.1 Å². The quantitative estimate of drug-likeness (QED) is 0.496. The number of hydrogen-bond acceptors (Lipinski definition) is 5. The number of hydrogen-bond donors (Lipinski definition) is 2. The van der Waals surface area contributed by atoms with Gasteiger partial charge in [-0.2, -0.15) is 0 Å². The number of nitrogens with zero attached hydrogens (tertiary/aromatic N) is 1. The van der Waals surface area contributed by atoms with Gasteiger partial charge in [0.25, 0.3) is 0 Å². The number of nitrogen functional groups attached to an aromatic ring is 2. The van der Waals surface area contributed by atoms with E-state index in [1.165, 1.54) is 6.08 Å². The smallest absolute Gasteiger partial charge is 0.181 e. The number of ketones is 1. The van der Waals surface area contributed by atoms with Crippen LogP contribution in [0.3, 0.4) is 0 Å². The van der Waals surface area contributed by atoms with E-state index in [0.29, 0.717) is 40.7 Å². The van der Waals surface area contributed by atoms with Gasteiger partial charge in [-0.25, -0.2) is 4.99 Å². The lowest BCUT2D eigenvalue weighted by atomic mass is 10.1. The number of unbranched alkanes of at least 4 members (excludes halogenated alkanes) is 1. The third-order valence-electron chi connectivity index (χ3n) is 3.32. The van der Waals surface area contributed by atoms with Gasteiger partial charge in [0.05, 0.1) is 29.4 Å². The molecule has 0 atom stereocenters. The molecular weight excluding hydrogens is 278 g/mol. The zero-order chi connectivity index (χ0) is 16.1. The minimum absolute atomic E-state index is 0.00665. The molecular formula is C17H21N3O2. The Hall–Kier alpha value is -2.56. The third-order valence-corrected chi connectivity index (χ3v) is 3.32. The van der Waals surface area contributed by atoms with Gasteiger partial charge in [0.1, 0.15) is 5.75 Å². The van der Waals surface area contributed by atoms with E-state index in [4.69, 9.17) is 16.2 Å². The lowest BCUT2D eigenvalue weighted by molar-refractivity contribution is -0.111. The predicted octanol–water partition coefficient (Wildman–Crippen LogP) is 3.19. The van der Waals surface area contributed by atoms with Crippen LogP contribution in [-0.4, -0.2) is 18.1 Å². The maximum atomic E-state index is 11.4. The van der Waals surface area contributed by atoms with E-state index >= 15 is 0 Å². The Bertz CT molecular complexity index is 673. The van der Waals surface area contributed by atoms with E-state index in [9.17, 15) is 4.79 Å². The first kappa shape index (κ1) is 15.8. The molecule has 1 aromatic carbocycles. The van der Waals surface area contributed by atoms with Crippen LogP contribution in [0.25, 0.3) is 0 Å². The lowest BCUT2D eigenvalue weighted by Crippen LogP contribution is -2.05. The highest BCUT2D eigenvalue weighted by Crippen LogP contribution is 2.33. The number of allylic oxidation sites excluding steroid dienone is 4. The Morgan fingerprint density at radius 2 is 1.95 bits per heavy atom. The minimum atomic E-state index is -0.00665. The highest BCUT2D eigenvalue weighted by atomic mass is 16.5. The number of ether oxygens (including phenoxy) is 1. The topological polar surface area (TPSA) is 90.7 Å². The summed E-state index contributed by atoms with van der Waals surface area (Å²) in [6.45, 7) is 4.46. The van der Waals surface area contributed by atoms with Crippen LogP contribution in [0.5, 0.6) is 5.75 Å². The molecule has 5 nitrogen and oxygen atoms in total. The highest BCUT2D eigenvalue weighted by molar-refractivity contribution is 6.19. The van der Waals surface area contributed by atoms with Crippen molar-refractivity contribution in [1.29, 1.82) is 0 Å². The minimum Gasteiger partial charge on any atom is -0.491 e. The zero-order valence-corrected chi connectivity index (χ0v) is 12.9. The van der Waals surface area contributed by atoms with Crippen LogP contribution in [0, 0.1) is 0 Å². The molecule has 1 aromatic rings. The predicted molar refractivity (Wildman–Crippen MR) is 90.7 cm³/mol. The fourth-order valence-electron chi connectivity index (χ4n) is 1.99. The molecule has 5 heteroatoms. The van der Waals surface area contributed by atoms with Gasteiger partial charge in [-0.05, 0) is 43.2 Å². The average Bonchev–Trinajstić information content (AvgIpc) is 2.47. The number of rotatable bonds is 5. The molecule has 0 amide bonds. The molecule has 4 N–H and O–H groups in total. The first-order valence-electron chi connectivity index (χ1n) is 7.32. The molecule has 0 aromatic heterocycles. The van der Waals surface area contributed by atoms with Crippen LogP contribution in [0.2, 0.25) is 0 Å². The molecule has 22 heavy (non-hydrogen) atoms. The van der Waals surface area contributed by atoms with E-state index in [0.717, 1.165) is 12.8 Å². The van der Waals surface area contributed by atoms with Gasteiger partial charge < -0.3 is 16.2 Å². The van der Waals surface area contributed by atoms with Gasteiger partial charge in [-0.1, -0.05) is 13.3 Å². The first-order valence-corrected chi connectivity index (χ1v) is 7.32. The molecule has 0 unspecified atom stereocenters. The van der Waals surface area contributed by atoms with Crippen molar-refractivity contribution in [3.05, 3.63) is 35.9 Å². The van der Waals surface area contributed by atoms with Crippen molar-refractivity contribution in [2.75, 3.05) is 18.1 Å². The summed E-state index contributed by atoms with van der Waals surface area (Å²) in [5, 5.41) is 0. The maximum Gasteiger partial charge on any atom is 0.181 e. The zero-order valence-electron chi connectivity index (χ0n) is 12.9. The average molecular weight is 299 g/mol. The summed E-state index contributed by atoms with van der Waals surface area (Å²) in [6.07, 6.45) is 6.91. The Kier molecular flexibility index (Phi) is 4.99. The standard InChI is InChI=1S/C17H21N3O2/c1-3-4-7-22-17-10-15(13(18)9-14(17)19)20-12-5-6-16(21)11(2)8-12/h5-6,8-10H,3-4,7,18-19H2,1-2H3. The van der Waals surface area contributed by atoms with Gasteiger partial charge in [0, 0.05) is 6.07 Å². The van der Waals surface area contributed by atoms with E-state index < -0.39 is 0 Å². The van der Waals surface area contributed by atoms with Crippen molar-refractivity contribution in [3.8, 4) is 5.75 Å². The molecule has 0 bridgehead atoms. The molecule has 0 saturated carbocycles. The molecule has 0 aliphatic heterocycles. The summed E-state index contributed by atoms with van der Waals surface area (Å²) in [4.78, 5) is 15.9. The van der Waals surface area contributed by atoms with E-state index in [1.54, 1.807) is 31.2 Å². The summed E-state index contributed by atoms with van der Waals surface area (Å²) >= 11 is 0. The van der Waals surface area contributed by atoms with Gasteiger partial charge in [0.2, 0.25) is 0 Å². The fourth-order valence-corrected chi connectivity index (χ4v) is 1.99.